The lowest BCUT2D eigenvalue weighted by molar-refractivity contribution is -0.274. The van der Waals surface area contributed by atoms with E-state index >= 15 is 0 Å². The second-order valence-corrected chi connectivity index (χ2v) is 10.9. The van der Waals surface area contributed by atoms with Crippen LogP contribution in [0.25, 0.3) is 22.5 Å². The number of sulfonamides is 1. The molecule has 0 aliphatic rings. The summed E-state index contributed by atoms with van der Waals surface area (Å²) in [5, 5.41) is 1.04. The second-order valence-electron chi connectivity index (χ2n) is 8.97. The van der Waals surface area contributed by atoms with E-state index in [0.717, 1.165) is 34.1 Å². The van der Waals surface area contributed by atoms with Crippen LogP contribution in [0.15, 0.2) is 84.0 Å². The fourth-order valence-corrected chi connectivity index (χ4v) is 4.96. The number of aromatic nitrogens is 2. The lowest BCUT2D eigenvalue weighted by Crippen LogP contribution is -2.31. The average molecular weight is 627 g/mol. The summed E-state index contributed by atoms with van der Waals surface area (Å²) in [4.78, 5) is 3.57. The van der Waals surface area contributed by atoms with E-state index in [1.165, 1.54) is 56.4 Å². The van der Waals surface area contributed by atoms with Crippen molar-refractivity contribution in [1.29, 1.82) is 0 Å². The maximum Gasteiger partial charge on any atom is 0.573 e. The van der Waals surface area contributed by atoms with Gasteiger partial charge in [0.05, 0.1) is 22.0 Å². The lowest BCUT2D eigenvalue weighted by atomic mass is 10.0. The van der Waals surface area contributed by atoms with Gasteiger partial charge < -0.3 is 15.0 Å². The number of imidazole rings is 1. The summed E-state index contributed by atoms with van der Waals surface area (Å²) >= 11 is 0. The molecule has 1 heterocycles. The predicted octanol–water partition coefficient (Wildman–Crippen LogP) is 5.31. The molecule has 0 radical (unpaired) electrons. The van der Waals surface area contributed by atoms with Crippen LogP contribution in [0, 0.1) is 6.92 Å². The van der Waals surface area contributed by atoms with Crippen LogP contribution < -0.4 is 26.0 Å². The molecule has 43 heavy (non-hydrogen) atoms. The number of alkyl halides is 6. The molecular weight excluding hydrogens is 602 g/mol. The molecule has 4 aromatic rings. The van der Waals surface area contributed by atoms with Gasteiger partial charge in [-0.15, -0.1) is 13.2 Å². The highest BCUT2D eigenvalue weighted by atomic mass is 32.2. The Kier molecular flexibility index (Phi) is 8.49. The van der Waals surface area contributed by atoms with Crippen LogP contribution in [0.1, 0.15) is 17.1 Å². The molecule has 0 saturated heterocycles. The molecule has 0 unspecified atom stereocenters. The van der Waals surface area contributed by atoms with E-state index in [1.807, 2.05) is 0 Å². The van der Waals surface area contributed by atoms with Crippen molar-refractivity contribution in [3.05, 3.63) is 96.2 Å². The Hall–Kier alpha value is -4.54. The van der Waals surface area contributed by atoms with E-state index in [4.69, 9.17) is 11.6 Å². The second kappa shape index (κ2) is 11.6. The minimum absolute atomic E-state index is 0.0243. The first-order valence-electron chi connectivity index (χ1n) is 12.2. The van der Waals surface area contributed by atoms with Gasteiger partial charge in [-0.05, 0) is 73.6 Å². The Morgan fingerprint density at radius 1 is 1.00 bits per heavy atom. The molecule has 0 aliphatic heterocycles. The maximum atomic E-state index is 13.5. The van der Waals surface area contributed by atoms with Gasteiger partial charge in [0.25, 0.3) is 0 Å². The summed E-state index contributed by atoms with van der Waals surface area (Å²) in [5.74, 6) is 5.96. The third-order valence-electron chi connectivity index (χ3n) is 6.21. The van der Waals surface area contributed by atoms with Crippen molar-refractivity contribution >= 4 is 21.4 Å². The first-order valence-corrected chi connectivity index (χ1v) is 13.7. The molecule has 0 spiro atoms. The first-order chi connectivity index (χ1) is 20.0. The number of halogens is 6. The van der Waals surface area contributed by atoms with Crippen LogP contribution in [-0.4, -0.2) is 31.4 Å². The number of ether oxygens (including phenoxy) is 1. The number of aryl methyl sites for hydroxylation is 1. The third kappa shape index (κ3) is 6.93. The highest BCUT2D eigenvalue weighted by molar-refractivity contribution is 7.89. The normalized spacial score (nSPS) is 12.8. The van der Waals surface area contributed by atoms with Crippen LogP contribution in [0.5, 0.6) is 5.75 Å². The Morgan fingerprint density at radius 2 is 1.65 bits per heavy atom. The summed E-state index contributed by atoms with van der Waals surface area (Å²) in [6, 6.07) is 15.0. The van der Waals surface area contributed by atoms with Crippen molar-refractivity contribution in [2.24, 2.45) is 11.6 Å². The Morgan fingerprint density at radius 3 is 2.21 bits per heavy atom. The number of benzene rings is 3. The van der Waals surface area contributed by atoms with Crippen LogP contribution in [0.2, 0.25) is 0 Å². The third-order valence-corrected chi connectivity index (χ3v) is 7.63. The van der Waals surface area contributed by atoms with Gasteiger partial charge in [0.2, 0.25) is 10.0 Å². The summed E-state index contributed by atoms with van der Waals surface area (Å²) in [7, 11) is -2.55. The van der Waals surface area contributed by atoms with Gasteiger partial charge in [-0.25, -0.2) is 24.0 Å². The van der Waals surface area contributed by atoms with Gasteiger partial charge in [-0.3, -0.25) is 5.01 Å². The SMILES string of the molecule is CNS(=O)(=O)c1cccc(-c2ccc(-n3cc(C(F)(F)F)nc3C)c(N(N)/C(=C\N)c3ccc(OC(F)(F)F)cc3)c2)c1. The minimum atomic E-state index is -4.91. The van der Waals surface area contributed by atoms with E-state index in [-0.39, 0.29) is 33.4 Å². The molecule has 228 valence electrons. The van der Waals surface area contributed by atoms with E-state index in [1.54, 1.807) is 12.1 Å². The molecule has 9 nitrogen and oxygen atoms in total. The number of nitrogens with two attached hydrogens (primary N) is 2. The predicted molar refractivity (Wildman–Crippen MR) is 147 cm³/mol. The van der Waals surface area contributed by atoms with E-state index in [0.29, 0.717) is 11.1 Å². The van der Waals surface area contributed by atoms with E-state index in [2.05, 4.69) is 14.4 Å². The Balaban J connectivity index is 1.87. The van der Waals surface area contributed by atoms with Crippen molar-refractivity contribution < 1.29 is 39.5 Å². The largest absolute Gasteiger partial charge is 0.573 e. The topological polar surface area (TPSA) is 128 Å². The van der Waals surface area contributed by atoms with Gasteiger partial charge in [0.1, 0.15) is 11.6 Å². The Labute approximate surface area is 242 Å². The summed E-state index contributed by atoms with van der Waals surface area (Å²) < 4.78 is 110. The molecule has 0 saturated carbocycles. The van der Waals surface area contributed by atoms with Gasteiger partial charge in [0.15, 0.2) is 5.69 Å². The molecule has 4 rings (SSSR count). The molecule has 1 aromatic heterocycles. The number of hydrogen-bond acceptors (Lipinski definition) is 7. The zero-order valence-corrected chi connectivity index (χ0v) is 23.2. The van der Waals surface area contributed by atoms with Crippen LogP contribution in [0.4, 0.5) is 32.0 Å². The fourth-order valence-electron chi connectivity index (χ4n) is 4.19. The fraction of sp³-hybridized carbons (Fsp3) is 0.148. The monoisotopic (exact) mass is 626 g/mol. The average Bonchev–Trinajstić information content (AvgIpc) is 3.35. The van der Waals surface area contributed by atoms with E-state index < -0.39 is 34.0 Å². The lowest BCUT2D eigenvalue weighted by Gasteiger charge is -2.26. The van der Waals surface area contributed by atoms with Crippen LogP contribution in [0.3, 0.4) is 0 Å². The van der Waals surface area contributed by atoms with Crippen LogP contribution in [-0.2, 0) is 16.2 Å². The molecule has 0 amide bonds. The quantitative estimate of drug-likeness (QED) is 0.137. The number of hydrazine groups is 1. The Bertz CT molecular complexity index is 1770. The summed E-state index contributed by atoms with van der Waals surface area (Å²) in [6.07, 6.45) is -7.79. The van der Waals surface area contributed by atoms with Crippen molar-refractivity contribution in [2.75, 3.05) is 12.1 Å². The van der Waals surface area contributed by atoms with E-state index in [9.17, 15) is 34.8 Å². The number of rotatable bonds is 8. The van der Waals surface area contributed by atoms with Crippen molar-refractivity contribution in [2.45, 2.75) is 24.4 Å². The smallest absolute Gasteiger partial charge is 0.406 e. The number of nitrogens with one attached hydrogen (secondary N) is 1. The highest BCUT2D eigenvalue weighted by Crippen LogP contribution is 2.37. The van der Waals surface area contributed by atoms with Gasteiger partial charge in [-0.1, -0.05) is 18.2 Å². The number of anilines is 1. The van der Waals surface area contributed by atoms with Crippen molar-refractivity contribution in [1.82, 2.24) is 14.3 Å². The molecule has 16 heteroatoms. The summed E-state index contributed by atoms with van der Waals surface area (Å²) in [5.41, 5.74) is 6.13. The zero-order chi connectivity index (χ0) is 31.7. The maximum absolute atomic E-state index is 13.5. The van der Waals surface area contributed by atoms with Gasteiger partial charge in [0, 0.05) is 18.0 Å². The van der Waals surface area contributed by atoms with Crippen molar-refractivity contribution in [3.8, 4) is 22.6 Å². The minimum Gasteiger partial charge on any atom is -0.406 e. The first kappa shape index (κ1) is 31.4. The molecule has 0 atom stereocenters. The summed E-state index contributed by atoms with van der Waals surface area (Å²) in [6.45, 7) is 1.36. The highest BCUT2D eigenvalue weighted by Gasteiger charge is 2.35. The molecule has 3 aromatic carbocycles. The molecule has 0 bridgehead atoms. The van der Waals surface area contributed by atoms with Crippen LogP contribution >= 0.6 is 0 Å². The molecule has 0 aliphatic carbocycles. The zero-order valence-electron chi connectivity index (χ0n) is 22.4. The molecule has 0 fully saturated rings. The molecule has 5 N–H and O–H groups in total. The number of hydrogen-bond donors (Lipinski definition) is 3. The standard InChI is InChI=1S/C27H24F6N6O3S/c1-16-37-25(26(28,29)30)15-38(16)22-11-8-19(18-4-3-5-21(12-18)43(40,41)36-2)13-23(22)39(35)24(14-34)17-6-9-20(10-7-17)42-27(31,32)33/h3-15,36H,34-35H2,1-2H3/b24-14-. The van der Waals surface area contributed by atoms with Gasteiger partial charge in [-0.2, -0.15) is 13.2 Å². The number of nitrogens with zero attached hydrogens (tertiary/aromatic N) is 3. The van der Waals surface area contributed by atoms with Crippen molar-refractivity contribution in [3.63, 3.8) is 0 Å². The molecular formula is C27H24F6N6O3S. The van der Waals surface area contributed by atoms with Gasteiger partial charge >= 0.3 is 12.5 Å².